The molecule has 0 heterocycles. The number of hydrogen-bond acceptors (Lipinski definition) is 6. The minimum atomic E-state index is -2.68. The second-order valence-corrected chi connectivity index (χ2v) is 11.7. The minimum absolute atomic E-state index is 0.0124. The molecule has 4 aliphatic rings. The maximum atomic E-state index is 17.4. The molecule has 0 saturated heterocycles. The van der Waals surface area contributed by atoms with Gasteiger partial charge >= 0.3 is 5.97 Å². The predicted octanol–water partition coefficient (Wildman–Crippen LogP) is 4.65. The van der Waals surface area contributed by atoms with Gasteiger partial charge in [-0.3, -0.25) is 14.4 Å². The second-order valence-electron chi connectivity index (χ2n) is 10.8. The van der Waals surface area contributed by atoms with E-state index in [-0.39, 0.29) is 55.2 Å². The second kappa shape index (κ2) is 8.36. The number of thioether (sulfide) groups is 1. The topological polar surface area (TPSA) is 80.7 Å². The Kier molecular flexibility index (Phi) is 5.38. The smallest absolute Gasteiger partial charge is 0.306 e. The Morgan fingerprint density at radius 3 is 2.68 bits per heavy atom. The van der Waals surface area contributed by atoms with Crippen molar-refractivity contribution in [2.24, 2.45) is 28.6 Å². The molecule has 34 heavy (non-hydrogen) atoms. The molecule has 0 aliphatic heterocycles. The van der Waals surface area contributed by atoms with Crippen molar-refractivity contribution in [1.82, 2.24) is 0 Å². The van der Waals surface area contributed by atoms with E-state index in [1.54, 1.807) is 13.8 Å². The number of ether oxygens (including phenoxy) is 1. The molecule has 190 valence electrons. The maximum absolute atomic E-state index is 17.4. The summed E-state index contributed by atoms with van der Waals surface area (Å²) >= 11 is 0.274. The molecular formula is C25H33F3O5S. The van der Waals surface area contributed by atoms with E-state index in [1.807, 2.05) is 0 Å². The van der Waals surface area contributed by atoms with Crippen LogP contribution in [-0.4, -0.2) is 51.5 Å². The van der Waals surface area contributed by atoms with E-state index in [4.69, 9.17) is 8.85 Å². The molecule has 0 bridgehead atoms. The number of alkyl halides is 3. The Balaban J connectivity index is 1.83. The summed E-state index contributed by atoms with van der Waals surface area (Å²) in [4.78, 5) is 38.3. The van der Waals surface area contributed by atoms with Crippen LogP contribution in [0, 0.1) is 28.6 Å². The molecule has 3 fully saturated rings. The van der Waals surface area contributed by atoms with E-state index in [1.165, 1.54) is 6.92 Å². The molecule has 9 heteroatoms. The normalized spacial score (nSPS) is 49.5. The van der Waals surface area contributed by atoms with Crippen molar-refractivity contribution in [3.05, 3.63) is 11.6 Å². The Hall–Kier alpha value is -1.35. The van der Waals surface area contributed by atoms with Crippen molar-refractivity contribution in [1.29, 1.82) is 0 Å². The summed E-state index contributed by atoms with van der Waals surface area (Å²) in [6, 6.07) is -1.13. The van der Waals surface area contributed by atoms with Crippen LogP contribution in [-0.2, 0) is 19.1 Å². The highest BCUT2D eigenvalue weighted by atomic mass is 32.2. The number of aliphatic hydroxyl groups is 1. The Morgan fingerprint density at radius 2 is 2.03 bits per heavy atom. The van der Waals surface area contributed by atoms with Crippen LogP contribution in [0.3, 0.4) is 0 Å². The van der Waals surface area contributed by atoms with Crippen LogP contribution < -0.4 is 0 Å². The van der Waals surface area contributed by atoms with Gasteiger partial charge in [-0.15, -0.1) is 0 Å². The molecule has 3 saturated carbocycles. The summed E-state index contributed by atoms with van der Waals surface area (Å²) in [7, 11) is 0. The molecule has 4 rings (SSSR count). The molecule has 0 radical (unpaired) electrons. The number of hydrogen-bond donors (Lipinski definition) is 1. The lowest BCUT2D eigenvalue weighted by Crippen LogP contribution is -2.71. The van der Waals surface area contributed by atoms with Crippen molar-refractivity contribution in [2.75, 3.05) is 6.01 Å². The summed E-state index contributed by atoms with van der Waals surface area (Å²) in [5, 5.41) is 10.6. The largest absolute Gasteiger partial charge is 0.449 e. The van der Waals surface area contributed by atoms with Crippen molar-refractivity contribution >= 4 is 28.6 Å². The average molecular weight is 506 g/mol. The van der Waals surface area contributed by atoms with Gasteiger partial charge in [-0.1, -0.05) is 27.6 Å². The van der Waals surface area contributed by atoms with Gasteiger partial charge in [0.05, 0.1) is 6.10 Å². The molecule has 1 N–H and O–H groups in total. The highest BCUT2D eigenvalue weighted by Crippen LogP contribution is 2.72. The lowest BCUT2D eigenvalue weighted by atomic mass is 9.43. The third-order valence-corrected chi connectivity index (χ3v) is 10.1. The van der Waals surface area contributed by atoms with Crippen LogP contribution in [0.25, 0.3) is 0 Å². The summed E-state index contributed by atoms with van der Waals surface area (Å²) < 4.78 is 74.3. The number of halogens is 3. The van der Waals surface area contributed by atoms with E-state index in [9.17, 15) is 23.9 Å². The fraction of sp³-hybridized carbons (Fsp3) is 0.800. The van der Waals surface area contributed by atoms with Gasteiger partial charge < -0.3 is 9.84 Å². The zero-order valence-electron chi connectivity index (χ0n) is 22.5. The van der Waals surface area contributed by atoms with Crippen molar-refractivity contribution in [3.63, 3.8) is 0 Å². The molecule has 0 spiro atoms. The molecule has 5 nitrogen and oxygen atoms in total. The molecule has 0 aromatic heterocycles. The Bertz CT molecular complexity index is 1040. The summed E-state index contributed by atoms with van der Waals surface area (Å²) in [6.07, 6.45) is -3.69. The Labute approximate surface area is 206 Å². The maximum Gasteiger partial charge on any atom is 0.306 e. The first-order chi connectivity index (χ1) is 17.0. The van der Waals surface area contributed by atoms with Gasteiger partial charge in [0.1, 0.15) is 17.8 Å². The van der Waals surface area contributed by atoms with Crippen molar-refractivity contribution in [2.45, 2.75) is 89.7 Å². The molecule has 9 atom stereocenters. The van der Waals surface area contributed by atoms with Crippen molar-refractivity contribution < 1.29 is 41.5 Å². The average Bonchev–Trinajstić information content (AvgIpc) is 2.98. The lowest BCUT2D eigenvalue weighted by Gasteiger charge is -2.64. The quantitative estimate of drug-likeness (QED) is 0.560. The van der Waals surface area contributed by atoms with E-state index < -0.39 is 82.5 Å². The number of rotatable bonds is 4. The van der Waals surface area contributed by atoms with Crippen LogP contribution in [0.4, 0.5) is 13.2 Å². The zero-order chi connectivity index (χ0) is 27.8. The number of ketones is 1. The third-order valence-electron chi connectivity index (χ3n) is 9.47. The van der Waals surface area contributed by atoms with Gasteiger partial charge in [-0.25, -0.2) is 13.2 Å². The molecular weight excluding hydrogens is 469 g/mol. The summed E-state index contributed by atoms with van der Waals surface area (Å²) in [5.41, 5.74) is -7.19. The summed E-state index contributed by atoms with van der Waals surface area (Å²) in [5.74, 6) is -4.07. The first-order valence-electron chi connectivity index (χ1n) is 13.2. The lowest BCUT2D eigenvalue weighted by molar-refractivity contribution is -0.236. The van der Waals surface area contributed by atoms with Crippen LogP contribution in [0.15, 0.2) is 11.6 Å². The molecule has 0 aromatic carbocycles. The Morgan fingerprint density at radius 1 is 1.32 bits per heavy atom. The molecule has 0 unspecified atom stereocenters. The standard InChI is InChI=1S/C25H33F3O5S/c1-5-20(31)33-25(21(32)34-12-26)13(2)8-15-16-10-18(27)17-9-14(29)6-7-22(17,3)24(16,28)19(30)11-23(15,25)4/h9,13,15-16,18-19,30H,5-8,10-12H2,1-4H3/t13-,15+,16+,18+,19+,22+,23+,24+,25+/m1/s1/i1D3. The zero-order valence-corrected chi connectivity index (χ0v) is 20.4. The van der Waals surface area contributed by atoms with E-state index >= 15 is 8.78 Å². The van der Waals surface area contributed by atoms with Gasteiger partial charge in [0.2, 0.25) is 5.12 Å². The SMILES string of the molecule is [2H]C([2H])([2H])CC(=O)O[C@]1(C(=O)SCF)[C@H](C)C[C@H]2[C@@H]3C[C@H](F)C4=CC(=O)CC[C@]4(C)[C@@]3(F)[C@@H](O)C[C@@]21C. The van der Waals surface area contributed by atoms with E-state index in [0.29, 0.717) is 0 Å². The van der Waals surface area contributed by atoms with E-state index in [2.05, 4.69) is 0 Å². The number of fused-ring (bicyclic) bond motifs is 5. The predicted molar refractivity (Wildman–Crippen MR) is 121 cm³/mol. The molecule has 4 aliphatic carbocycles. The molecule has 0 aromatic rings. The first kappa shape index (κ1) is 21.9. The van der Waals surface area contributed by atoms with Gasteiger partial charge in [-0.2, -0.15) is 0 Å². The van der Waals surface area contributed by atoms with E-state index in [0.717, 1.165) is 6.08 Å². The first-order valence-corrected chi connectivity index (χ1v) is 12.7. The highest BCUT2D eigenvalue weighted by molar-refractivity contribution is 8.13. The molecule has 0 amide bonds. The van der Waals surface area contributed by atoms with Gasteiger partial charge in [0.15, 0.2) is 11.4 Å². The number of aliphatic hydroxyl groups excluding tert-OH is 1. The fourth-order valence-corrected chi connectivity index (χ4v) is 8.74. The van der Waals surface area contributed by atoms with Crippen LogP contribution >= 0.6 is 11.8 Å². The summed E-state index contributed by atoms with van der Waals surface area (Å²) in [6.45, 7) is 2.01. The highest BCUT2D eigenvalue weighted by Gasteiger charge is 2.78. The van der Waals surface area contributed by atoms with Crippen LogP contribution in [0.5, 0.6) is 0 Å². The third kappa shape index (κ3) is 3.07. The number of allylic oxidation sites excluding steroid dienone is 1. The number of carbonyl (C=O) groups excluding carboxylic acids is 3. The fourth-order valence-electron chi connectivity index (χ4n) is 7.95. The minimum Gasteiger partial charge on any atom is -0.449 e. The van der Waals surface area contributed by atoms with Gasteiger partial charge in [0, 0.05) is 39.6 Å². The van der Waals surface area contributed by atoms with Gasteiger partial charge in [-0.05, 0) is 55.0 Å². The number of esters is 1. The van der Waals surface area contributed by atoms with Crippen LogP contribution in [0.2, 0.25) is 0 Å². The number of carbonyl (C=O) groups is 3. The monoisotopic (exact) mass is 505 g/mol. The van der Waals surface area contributed by atoms with Crippen LogP contribution in [0.1, 0.15) is 70.3 Å². The van der Waals surface area contributed by atoms with Gasteiger partial charge in [0.25, 0.3) is 0 Å². The van der Waals surface area contributed by atoms with Crippen molar-refractivity contribution in [3.8, 4) is 0 Å².